The average Bonchev–Trinajstić information content (AvgIpc) is 3.24. The molecule has 0 bridgehead atoms. The van der Waals surface area contributed by atoms with Gasteiger partial charge in [0.25, 0.3) is 5.91 Å². The van der Waals surface area contributed by atoms with Gasteiger partial charge in [-0.1, -0.05) is 12.8 Å². The molecule has 1 N–H and O–H groups in total. The topological polar surface area (TPSA) is 29.1 Å². The van der Waals surface area contributed by atoms with Gasteiger partial charge in [0.2, 0.25) is 0 Å². The molecule has 1 aromatic heterocycles. The molecule has 1 heterocycles. The third-order valence-corrected chi connectivity index (χ3v) is 5.44. The Morgan fingerprint density at radius 1 is 1.12 bits per heavy atom. The molecule has 24 heavy (non-hydrogen) atoms. The molecule has 1 aliphatic carbocycles. The Morgan fingerprint density at radius 2 is 1.79 bits per heavy atom. The van der Waals surface area contributed by atoms with E-state index < -0.39 is 11.7 Å². The van der Waals surface area contributed by atoms with Crippen molar-refractivity contribution in [2.45, 2.75) is 37.3 Å². The molecule has 1 aliphatic rings. The molecule has 6 heteroatoms. The summed E-state index contributed by atoms with van der Waals surface area (Å²) in [7, 11) is 0. The zero-order valence-corrected chi connectivity index (χ0v) is 13.8. The second-order valence-corrected chi connectivity index (χ2v) is 7.04. The number of hydrogen-bond acceptors (Lipinski definition) is 2. The monoisotopic (exact) mass is 353 g/mol. The van der Waals surface area contributed by atoms with Crippen molar-refractivity contribution in [3.63, 3.8) is 0 Å². The van der Waals surface area contributed by atoms with Crippen LogP contribution in [0, 0.1) is 0 Å². The summed E-state index contributed by atoms with van der Waals surface area (Å²) < 4.78 is 37.7. The Hall–Kier alpha value is -1.82. The lowest BCUT2D eigenvalue weighted by molar-refractivity contribution is -0.137. The van der Waals surface area contributed by atoms with E-state index in [1.807, 2.05) is 5.38 Å². The van der Waals surface area contributed by atoms with Crippen LogP contribution in [-0.4, -0.2) is 12.5 Å². The minimum absolute atomic E-state index is 0.0401. The van der Waals surface area contributed by atoms with Gasteiger partial charge in [-0.2, -0.15) is 24.5 Å². The molecule has 2 nitrogen and oxygen atoms in total. The summed E-state index contributed by atoms with van der Waals surface area (Å²) in [4.78, 5) is 12.3. The predicted octanol–water partition coefficient (Wildman–Crippen LogP) is 5.01. The van der Waals surface area contributed by atoms with Gasteiger partial charge in [0.1, 0.15) is 0 Å². The van der Waals surface area contributed by atoms with E-state index in [0.29, 0.717) is 6.54 Å². The van der Waals surface area contributed by atoms with Gasteiger partial charge in [-0.25, -0.2) is 0 Å². The molecule has 0 atom stereocenters. The molecule has 1 aromatic carbocycles. The Labute approximate surface area is 142 Å². The zero-order chi connectivity index (χ0) is 17.2. The van der Waals surface area contributed by atoms with E-state index >= 15 is 0 Å². The minimum atomic E-state index is -4.39. The number of alkyl halides is 3. The normalized spacial score (nSPS) is 17.0. The molecule has 2 aromatic rings. The predicted molar refractivity (Wildman–Crippen MR) is 88.2 cm³/mol. The fraction of sp³-hybridized carbons (Fsp3) is 0.389. The van der Waals surface area contributed by atoms with E-state index in [1.54, 1.807) is 11.3 Å². The highest BCUT2D eigenvalue weighted by Crippen LogP contribution is 2.41. The Kier molecular flexibility index (Phi) is 4.67. The molecule has 1 amide bonds. The van der Waals surface area contributed by atoms with Gasteiger partial charge in [-0.05, 0) is 59.5 Å². The molecule has 0 spiro atoms. The number of carbonyl (C=O) groups excluding carboxylic acids is 1. The largest absolute Gasteiger partial charge is 0.416 e. The van der Waals surface area contributed by atoms with E-state index in [0.717, 1.165) is 37.8 Å². The van der Waals surface area contributed by atoms with Crippen LogP contribution in [0.2, 0.25) is 0 Å². The van der Waals surface area contributed by atoms with Crippen LogP contribution in [-0.2, 0) is 11.6 Å². The van der Waals surface area contributed by atoms with Gasteiger partial charge >= 0.3 is 6.18 Å². The first-order chi connectivity index (χ1) is 11.4. The van der Waals surface area contributed by atoms with Crippen molar-refractivity contribution in [3.8, 4) is 0 Å². The summed E-state index contributed by atoms with van der Waals surface area (Å²) in [6, 6.07) is 6.44. The van der Waals surface area contributed by atoms with E-state index in [-0.39, 0.29) is 16.9 Å². The molecule has 128 valence electrons. The lowest BCUT2D eigenvalue weighted by atomic mass is 9.80. The Morgan fingerprint density at radius 3 is 2.33 bits per heavy atom. The second kappa shape index (κ2) is 6.59. The summed E-state index contributed by atoms with van der Waals surface area (Å²) in [5.41, 5.74) is 0.713. The van der Waals surface area contributed by atoms with Crippen LogP contribution in [0.15, 0.2) is 41.1 Å². The summed E-state index contributed by atoms with van der Waals surface area (Å²) in [6.45, 7) is 0.517. The summed E-state index contributed by atoms with van der Waals surface area (Å²) >= 11 is 1.64. The van der Waals surface area contributed by atoms with Crippen LogP contribution in [0.1, 0.15) is 47.2 Å². The molecule has 0 unspecified atom stereocenters. The molecule has 1 fully saturated rings. The molecular formula is C18H18F3NOS. The maximum atomic E-state index is 12.6. The van der Waals surface area contributed by atoms with Crippen LogP contribution in [0.25, 0.3) is 0 Å². The van der Waals surface area contributed by atoms with Crippen LogP contribution >= 0.6 is 11.3 Å². The molecule has 0 saturated heterocycles. The molecule has 0 aliphatic heterocycles. The Balaban J connectivity index is 1.68. The average molecular weight is 353 g/mol. The van der Waals surface area contributed by atoms with Crippen molar-refractivity contribution in [3.05, 3.63) is 57.8 Å². The van der Waals surface area contributed by atoms with Crippen LogP contribution in [0.4, 0.5) is 13.2 Å². The first kappa shape index (κ1) is 17.0. The van der Waals surface area contributed by atoms with Gasteiger partial charge in [0.05, 0.1) is 5.56 Å². The summed E-state index contributed by atoms with van der Waals surface area (Å²) in [6.07, 6.45) is -0.0755. The van der Waals surface area contributed by atoms with Gasteiger partial charge < -0.3 is 5.32 Å². The first-order valence-electron chi connectivity index (χ1n) is 7.89. The summed E-state index contributed by atoms with van der Waals surface area (Å²) in [5, 5.41) is 7.07. The lowest BCUT2D eigenvalue weighted by Crippen LogP contribution is -2.38. The first-order valence-corrected chi connectivity index (χ1v) is 8.83. The molecule has 3 rings (SSSR count). The number of hydrogen-bond donors (Lipinski definition) is 1. The Bertz CT molecular complexity index is 686. The van der Waals surface area contributed by atoms with Crippen molar-refractivity contribution in [2.75, 3.05) is 6.54 Å². The van der Waals surface area contributed by atoms with E-state index in [2.05, 4.69) is 16.8 Å². The number of thiophene rings is 1. The molecule has 0 radical (unpaired) electrons. The highest BCUT2D eigenvalue weighted by Gasteiger charge is 2.36. The van der Waals surface area contributed by atoms with Crippen LogP contribution < -0.4 is 5.32 Å². The van der Waals surface area contributed by atoms with Crippen molar-refractivity contribution in [1.29, 1.82) is 0 Å². The standard InChI is InChI=1S/C18H18F3NOS/c19-18(20,21)14-5-3-13(4-6-14)16(23)22-12-17(8-1-2-9-17)15-7-10-24-11-15/h3-7,10-11H,1-2,8-9,12H2,(H,22,23). The third kappa shape index (κ3) is 3.48. The van der Waals surface area contributed by atoms with Crippen molar-refractivity contribution >= 4 is 17.2 Å². The van der Waals surface area contributed by atoms with E-state index in [1.165, 1.54) is 17.7 Å². The number of nitrogens with one attached hydrogen (secondary N) is 1. The number of benzene rings is 1. The quantitative estimate of drug-likeness (QED) is 0.823. The summed E-state index contributed by atoms with van der Waals surface area (Å²) in [5.74, 6) is -0.328. The van der Waals surface area contributed by atoms with Crippen molar-refractivity contribution in [2.24, 2.45) is 0 Å². The SMILES string of the molecule is O=C(NCC1(c2ccsc2)CCCC1)c1ccc(C(F)(F)F)cc1. The lowest BCUT2D eigenvalue weighted by Gasteiger charge is -2.28. The highest BCUT2D eigenvalue weighted by molar-refractivity contribution is 7.08. The minimum Gasteiger partial charge on any atom is -0.351 e. The van der Waals surface area contributed by atoms with Crippen LogP contribution in [0.3, 0.4) is 0 Å². The van der Waals surface area contributed by atoms with Gasteiger partial charge in [0, 0.05) is 17.5 Å². The van der Waals surface area contributed by atoms with Gasteiger partial charge in [-0.3, -0.25) is 4.79 Å². The van der Waals surface area contributed by atoms with E-state index in [4.69, 9.17) is 0 Å². The molecule has 1 saturated carbocycles. The van der Waals surface area contributed by atoms with Gasteiger partial charge in [-0.15, -0.1) is 0 Å². The fourth-order valence-corrected chi connectivity index (χ4v) is 4.13. The van der Waals surface area contributed by atoms with Crippen molar-refractivity contribution in [1.82, 2.24) is 5.32 Å². The number of halogens is 3. The second-order valence-electron chi connectivity index (χ2n) is 6.26. The fourth-order valence-electron chi connectivity index (χ4n) is 3.35. The number of carbonyl (C=O) groups is 1. The number of amides is 1. The smallest absolute Gasteiger partial charge is 0.351 e. The van der Waals surface area contributed by atoms with Crippen LogP contribution in [0.5, 0.6) is 0 Å². The third-order valence-electron chi connectivity index (χ3n) is 4.76. The maximum absolute atomic E-state index is 12.6. The number of rotatable bonds is 4. The maximum Gasteiger partial charge on any atom is 0.416 e. The highest BCUT2D eigenvalue weighted by atomic mass is 32.1. The van der Waals surface area contributed by atoms with Gasteiger partial charge in [0.15, 0.2) is 0 Å². The molecular weight excluding hydrogens is 335 g/mol. The van der Waals surface area contributed by atoms with Crippen molar-refractivity contribution < 1.29 is 18.0 Å². The van der Waals surface area contributed by atoms with E-state index in [9.17, 15) is 18.0 Å². The zero-order valence-electron chi connectivity index (χ0n) is 13.0.